The third kappa shape index (κ3) is 3.67. The number of amides is 1. The van der Waals surface area contributed by atoms with E-state index in [1.54, 1.807) is 4.68 Å². The van der Waals surface area contributed by atoms with Gasteiger partial charge in [0.1, 0.15) is 5.69 Å². The molecule has 0 unspecified atom stereocenters. The van der Waals surface area contributed by atoms with Gasteiger partial charge in [-0.15, -0.1) is 0 Å². The Morgan fingerprint density at radius 3 is 2.62 bits per heavy atom. The van der Waals surface area contributed by atoms with Gasteiger partial charge in [-0.2, -0.15) is 5.10 Å². The maximum absolute atomic E-state index is 12.4. The van der Waals surface area contributed by atoms with E-state index in [-0.39, 0.29) is 5.91 Å². The molecule has 1 saturated heterocycles. The Morgan fingerprint density at radius 1 is 1.17 bits per heavy atom. The van der Waals surface area contributed by atoms with Gasteiger partial charge in [0.2, 0.25) is 0 Å². The lowest BCUT2D eigenvalue weighted by molar-refractivity contribution is 0.0940. The molecule has 0 saturated carbocycles. The number of benzene rings is 1. The molecule has 2 aromatic rings. The van der Waals surface area contributed by atoms with Gasteiger partial charge in [0, 0.05) is 25.7 Å². The highest BCUT2D eigenvalue weighted by Gasteiger charge is 2.15. The number of likely N-dealkylation sites (tertiary alicyclic amines) is 1. The molecular weight excluding hydrogens is 300 g/mol. The minimum Gasteiger partial charge on any atom is -0.349 e. The summed E-state index contributed by atoms with van der Waals surface area (Å²) in [4.78, 5) is 14.8. The number of nitrogens with one attached hydrogen (secondary N) is 1. The molecule has 1 aliphatic rings. The van der Waals surface area contributed by atoms with Crippen molar-refractivity contribution in [2.75, 3.05) is 26.2 Å². The molecule has 5 nitrogen and oxygen atoms in total. The monoisotopic (exact) mass is 326 g/mol. The molecule has 128 valence electrons. The molecule has 1 aromatic heterocycles. The number of hydrogen-bond acceptors (Lipinski definition) is 3. The molecule has 0 aliphatic carbocycles. The first kappa shape index (κ1) is 16.7. The molecule has 24 heavy (non-hydrogen) atoms. The van der Waals surface area contributed by atoms with E-state index in [1.165, 1.54) is 24.0 Å². The molecule has 2 heterocycles. The van der Waals surface area contributed by atoms with E-state index < -0.39 is 0 Å². The summed E-state index contributed by atoms with van der Waals surface area (Å²) in [5, 5.41) is 7.51. The molecule has 5 heteroatoms. The summed E-state index contributed by atoms with van der Waals surface area (Å²) in [5.74, 6) is -0.0562. The van der Waals surface area contributed by atoms with Crippen LogP contribution in [0.4, 0.5) is 0 Å². The number of aryl methyl sites for hydroxylation is 3. The third-order valence-electron chi connectivity index (χ3n) is 4.83. The van der Waals surface area contributed by atoms with Gasteiger partial charge < -0.3 is 10.2 Å². The fraction of sp³-hybridized carbons (Fsp3) is 0.474. The fourth-order valence-electron chi connectivity index (χ4n) is 3.15. The van der Waals surface area contributed by atoms with Crippen LogP contribution in [0.2, 0.25) is 0 Å². The lowest BCUT2D eigenvalue weighted by atomic mass is 10.0. The van der Waals surface area contributed by atoms with Crippen molar-refractivity contribution in [2.45, 2.75) is 26.7 Å². The van der Waals surface area contributed by atoms with Crippen molar-refractivity contribution < 1.29 is 4.79 Å². The van der Waals surface area contributed by atoms with Crippen molar-refractivity contribution in [1.82, 2.24) is 20.0 Å². The van der Waals surface area contributed by atoms with Gasteiger partial charge >= 0.3 is 0 Å². The molecule has 1 aromatic carbocycles. The zero-order valence-electron chi connectivity index (χ0n) is 14.8. The summed E-state index contributed by atoms with van der Waals surface area (Å²) in [6.45, 7) is 8.10. The van der Waals surface area contributed by atoms with Crippen LogP contribution in [-0.2, 0) is 7.05 Å². The molecule has 1 amide bonds. The highest BCUT2D eigenvalue weighted by molar-refractivity contribution is 5.93. The maximum Gasteiger partial charge on any atom is 0.269 e. The van der Waals surface area contributed by atoms with Crippen molar-refractivity contribution in [2.24, 2.45) is 7.05 Å². The largest absolute Gasteiger partial charge is 0.349 e. The van der Waals surface area contributed by atoms with Crippen molar-refractivity contribution >= 4 is 5.91 Å². The fourth-order valence-corrected chi connectivity index (χ4v) is 3.15. The second kappa shape index (κ2) is 7.18. The van der Waals surface area contributed by atoms with Crippen LogP contribution in [-0.4, -0.2) is 46.8 Å². The molecule has 0 bridgehead atoms. The number of rotatable bonds is 5. The summed E-state index contributed by atoms with van der Waals surface area (Å²) in [7, 11) is 1.82. The van der Waals surface area contributed by atoms with Gasteiger partial charge in [0.15, 0.2) is 0 Å². The minimum absolute atomic E-state index is 0.0562. The second-order valence-electron chi connectivity index (χ2n) is 6.64. The highest BCUT2D eigenvalue weighted by atomic mass is 16.2. The quantitative estimate of drug-likeness (QED) is 0.918. The molecule has 0 spiro atoms. The molecule has 1 aliphatic heterocycles. The first-order chi connectivity index (χ1) is 11.5. The van der Waals surface area contributed by atoms with Gasteiger partial charge in [-0.1, -0.05) is 12.1 Å². The normalized spacial score (nSPS) is 15.0. The number of nitrogens with zero attached hydrogens (tertiary/aromatic N) is 3. The van der Waals surface area contributed by atoms with E-state index >= 15 is 0 Å². The van der Waals surface area contributed by atoms with Crippen molar-refractivity contribution in [3.8, 4) is 11.3 Å². The van der Waals surface area contributed by atoms with E-state index in [9.17, 15) is 4.79 Å². The van der Waals surface area contributed by atoms with Crippen LogP contribution in [0.3, 0.4) is 0 Å². The lowest BCUT2D eigenvalue weighted by Crippen LogP contribution is -2.34. The number of carbonyl (C=O) groups excluding carboxylic acids is 1. The van der Waals surface area contributed by atoms with Gasteiger partial charge in [-0.25, -0.2) is 0 Å². The van der Waals surface area contributed by atoms with Crippen LogP contribution >= 0.6 is 0 Å². The predicted octanol–water partition coefficient (Wildman–Crippen LogP) is 2.53. The molecule has 1 N–H and O–H groups in total. The van der Waals surface area contributed by atoms with Crippen LogP contribution in [0.5, 0.6) is 0 Å². The van der Waals surface area contributed by atoms with Gasteiger partial charge in [0.25, 0.3) is 5.91 Å². The smallest absolute Gasteiger partial charge is 0.269 e. The van der Waals surface area contributed by atoms with Gasteiger partial charge in [-0.3, -0.25) is 9.48 Å². The van der Waals surface area contributed by atoms with E-state index in [1.807, 2.05) is 13.1 Å². The molecule has 0 radical (unpaired) electrons. The van der Waals surface area contributed by atoms with Crippen LogP contribution in [0.25, 0.3) is 11.3 Å². The Morgan fingerprint density at radius 2 is 1.92 bits per heavy atom. The highest BCUT2D eigenvalue weighted by Crippen LogP contribution is 2.21. The average Bonchev–Trinajstić information content (AvgIpc) is 3.19. The summed E-state index contributed by atoms with van der Waals surface area (Å²) in [5.41, 5.74) is 4.98. The van der Waals surface area contributed by atoms with Crippen LogP contribution in [0, 0.1) is 13.8 Å². The standard InChI is InChI=1S/C19H26N4O/c1-14-6-7-16(12-15(14)2)17-13-18(22(3)21-17)19(24)20-8-11-23-9-4-5-10-23/h6-7,12-13H,4-5,8-11H2,1-3H3,(H,20,24). The average molecular weight is 326 g/mol. The maximum atomic E-state index is 12.4. The zero-order valence-corrected chi connectivity index (χ0v) is 14.8. The van der Waals surface area contributed by atoms with Crippen molar-refractivity contribution in [1.29, 1.82) is 0 Å². The summed E-state index contributed by atoms with van der Waals surface area (Å²) >= 11 is 0. The zero-order chi connectivity index (χ0) is 17.1. The van der Waals surface area contributed by atoms with E-state index in [2.05, 4.69) is 47.4 Å². The molecule has 3 rings (SSSR count). The van der Waals surface area contributed by atoms with Crippen molar-refractivity contribution in [3.63, 3.8) is 0 Å². The van der Waals surface area contributed by atoms with Gasteiger partial charge in [0.05, 0.1) is 5.69 Å². The Bertz CT molecular complexity index is 729. The Balaban J connectivity index is 1.66. The van der Waals surface area contributed by atoms with E-state index in [0.717, 1.165) is 30.9 Å². The number of hydrogen-bond donors (Lipinski definition) is 1. The Labute approximate surface area is 143 Å². The van der Waals surface area contributed by atoms with E-state index in [0.29, 0.717) is 12.2 Å². The topological polar surface area (TPSA) is 50.2 Å². The summed E-state index contributed by atoms with van der Waals surface area (Å²) < 4.78 is 1.66. The Kier molecular flexibility index (Phi) is 5.00. The first-order valence-electron chi connectivity index (χ1n) is 8.67. The predicted molar refractivity (Wildman–Crippen MR) is 96.1 cm³/mol. The number of carbonyl (C=O) groups is 1. The summed E-state index contributed by atoms with van der Waals surface area (Å²) in [6, 6.07) is 8.14. The Hall–Kier alpha value is -2.14. The van der Waals surface area contributed by atoms with Crippen LogP contribution in [0.1, 0.15) is 34.5 Å². The van der Waals surface area contributed by atoms with E-state index in [4.69, 9.17) is 0 Å². The second-order valence-corrected chi connectivity index (χ2v) is 6.64. The molecule has 1 fully saturated rings. The van der Waals surface area contributed by atoms with Crippen molar-refractivity contribution in [3.05, 3.63) is 41.1 Å². The first-order valence-corrected chi connectivity index (χ1v) is 8.67. The number of aromatic nitrogens is 2. The van der Waals surface area contributed by atoms with Gasteiger partial charge in [-0.05, 0) is 63.0 Å². The third-order valence-corrected chi connectivity index (χ3v) is 4.83. The SMILES string of the molecule is Cc1ccc(-c2cc(C(=O)NCCN3CCCC3)n(C)n2)cc1C. The summed E-state index contributed by atoms with van der Waals surface area (Å²) in [6.07, 6.45) is 2.55. The molecular formula is C19H26N4O. The van der Waals surface area contributed by atoms with Crippen LogP contribution < -0.4 is 5.32 Å². The molecule has 0 atom stereocenters. The lowest BCUT2D eigenvalue weighted by Gasteiger charge is -2.14. The van der Waals surface area contributed by atoms with Crippen LogP contribution in [0.15, 0.2) is 24.3 Å². The minimum atomic E-state index is -0.0562.